The van der Waals surface area contributed by atoms with Gasteiger partial charge in [0.25, 0.3) is 10.0 Å². The predicted molar refractivity (Wildman–Crippen MR) is 115 cm³/mol. The largest absolute Gasteiger partial charge is 0.279 e. The molecule has 1 N–H and O–H groups in total. The SMILES string of the molecule is Cc1ccc(C(C)(C)C)cc1S(=O)(=O)Nc1c(C(C)C)cccc1C(C)C. The number of sulfonamides is 1. The number of benzene rings is 2. The number of rotatable bonds is 5. The van der Waals surface area contributed by atoms with Crippen LogP contribution in [0.3, 0.4) is 0 Å². The third-order valence-electron chi connectivity index (χ3n) is 4.95. The van der Waals surface area contributed by atoms with Crippen LogP contribution in [0.4, 0.5) is 5.69 Å². The molecule has 0 heterocycles. The van der Waals surface area contributed by atoms with Gasteiger partial charge in [0, 0.05) is 0 Å². The highest BCUT2D eigenvalue weighted by atomic mass is 32.2. The normalized spacial score (nSPS) is 12.7. The van der Waals surface area contributed by atoms with Gasteiger partial charge < -0.3 is 0 Å². The van der Waals surface area contributed by atoms with E-state index in [0.29, 0.717) is 4.90 Å². The van der Waals surface area contributed by atoms with Gasteiger partial charge in [-0.2, -0.15) is 0 Å². The minimum Gasteiger partial charge on any atom is -0.279 e. The van der Waals surface area contributed by atoms with Crippen molar-refractivity contribution in [1.82, 2.24) is 0 Å². The van der Waals surface area contributed by atoms with Gasteiger partial charge >= 0.3 is 0 Å². The van der Waals surface area contributed by atoms with Crippen LogP contribution < -0.4 is 4.72 Å². The Morgan fingerprint density at radius 2 is 1.41 bits per heavy atom. The summed E-state index contributed by atoms with van der Waals surface area (Å²) in [6.07, 6.45) is 0. The minimum atomic E-state index is -3.69. The van der Waals surface area contributed by atoms with Gasteiger partial charge in [0.05, 0.1) is 10.6 Å². The summed E-state index contributed by atoms with van der Waals surface area (Å²) < 4.78 is 29.6. The topological polar surface area (TPSA) is 46.2 Å². The second kappa shape index (κ2) is 7.67. The van der Waals surface area contributed by atoms with Gasteiger partial charge in [-0.15, -0.1) is 0 Å². The van der Waals surface area contributed by atoms with Crippen molar-refractivity contribution in [3.8, 4) is 0 Å². The van der Waals surface area contributed by atoms with E-state index < -0.39 is 10.0 Å². The lowest BCUT2D eigenvalue weighted by molar-refractivity contribution is 0.584. The lowest BCUT2D eigenvalue weighted by Crippen LogP contribution is -2.19. The van der Waals surface area contributed by atoms with Crippen LogP contribution in [0.2, 0.25) is 0 Å². The molecule has 148 valence electrons. The fourth-order valence-electron chi connectivity index (χ4n) is 3.21. The zero-order valence-electron chi connectivity index (χ0n) is 17.8. The Kier molecular flexibility index (Phi) is 6.10. The molecule has 0 bridgehead atoms. The molecule has 2 aromatic rings. The highest BCUT2D eigenvalue weighted by molar-refractivity contribution is 7.92. The van der Waals surface area contributed by atoms with Crippen molar-refractivity contribution in [3.05, 3.63) is 58.7 Å². The second-order valence-corrected chi connectivity index (χ2v) is 10.6. The molecule has 0 atom stereocenters. The fraction of sp³-hybridized carbons (Fsp3) is 0.478. The molecule has 0 unspecified atom stereocenters. The molecular weight excluding hydrogens is 354 g/mol. The van der Waals surface area contributed by atoms with Crippen molar-refractivity contribution in [2.45, 2.75) is 77.5 Å². The first-order chi connectivity index (χ1) is 12.3. The first-order valence-electron chi connectivity index (χ1n) is 9.61. The molecule has 0 saturated heterocycles. The van der Waals surface area contributed by atoms with Crippen molar-refractivity contribution in [1.29, 1.82) is 0 Å². The second-order valence-electron chi connectivity index (χ2n) is 8.96. The molecule has 0 radical (unpaired) electrons. The number of aryl methyl sites for hydroxylation is 1. The van der Waals surface area contributed by atoms with E-state index in [1.165, 1.54) is 0 Å². The highest BCUT2D eigenvalue weighted by Gasteiger charge is 2.24. The summed E-state index contributed by atoms with van der Waals surface area (Å²) in [7, 11) is -3.69. The number of anilines is 1. The Morgan fingerprint density at radius 1 is 0.889 bits per heavy atom. The zero-order valence-corrected chi connectivity index (χ0v) is 18.7. The van der Waals surface area contributed by atoms with E-state index in [-0.39, 0.29) is 17.3 Å². The van der Waals surface area contributed by atoms with Crippen LogP contribution in [-0.4, -0.2) is 8.42 Å². The molecule has 0 amide bonds. The maximum absolute atomic E-state index is 13.3. The summed E-state index contributed by atoms with van der Waals surface area (Å²) in [4.78, 5) is 0.350. The maximum Gasteiger partial charge on any atom is 0.262 e. The molecule has 0 aliphatic rings. The Balaban J connectivity index is 2.62. The third kappa shape index (κ3) is 4.73. The molecule has 4 heteroatoms. The average Bonchev–Trinajstić information content (AvgIpc) is 2.53. The van der Waals surface area contributed by atoms with Crippen LogP contribution in [0.15, 0.2) is 41.3 Å². The molecule has 0 fully saturated rings. The lowest BCUT2D eigenvalue weighted by Gasteiger charge is -2.23. The monoisotopic (exact) mass is 387 g/mol. The first kappa shape index (κ1) is 21.5. The number of hydrogen-bond donors (Lipinski definition) is 1. The van der Waals surface area contributed by atoms with Gasteiger partial charge in [0.1, 0.15) is 0 Å². The van der Waals surface area contributed by atoms with E-state index in [4.69, 9.17) is 0 Å². The summed E-state index contributed by atoms with van der Waals surface area (Å²) in [6.45, 7) is 16.5. The first-order valence-corrected chi connectivity index (χ1v) is 11.1. The summed E-state index contributed by atoms with van der Waals surface area (Å²) in [5, 5.41) is 0. The quantitative estimate of drug-likeness (QED) is 0.650. The standard InChI is InChI=1S/C23H33NO2S/c1-15(2)19-10-9-11-20(16(3)4)22(19)24-27(25,26)21-14-18(23(6,7)8)13-12-17(21)5/h9-16,24H,1-8H3. The van der Waals surface area contributed by atoms with E-state index in [1.54, 1.807) is 0 Å². The Labute approximate surface area is 165 Å². The molecule has 2 rings (SSSR count). The molecule has 0 saturated carbocycles. The molecule has 3 nitrogen and oxygen atoms in total. The van der Waals surface area contributed by atoms with E-state index in [9.17, 15) is 8.42 Å². The van der Waals surface area contributed by atoms with Gasteiger partial charge in [0.2, 0.25) is 0 Å². The van der Waals surface area contributed by atoms with Crippen LogP contribution in [-0.2, 0) is 15.4 Å². The summed E-state index contributed by atoms with van der Waals surface area (Å²) in [5.41, 5.74) is 4.42. The van der Waals surface area contributed by atoms with Gasteiger partial charge in [-0.3, -0.25) is 4.72 Å². The van der Waals surface area contributed by atoms with Crippen LogP contribution >= 0.6 is 0 Å². The van der Waals surface area contributed by atoms with E-state index in [1.807, 2.05) is 43.3 Å². The van der Waals surface area contributed by atoms with Crippen LogP contribution in [0, 0.1) is 6.92 Å². The highest BCUT2D eigenvalue weighted by Crippen LogP contribution is 2.35. The number of hydrogen-bond acceptors (Lipinski definition) is 2. The molecule has 0 aromatic heterocycles. The number of para-hydroxylation sites is 1. The molecule has 0 aliphatic carbocycles. The summed E-state index contributed by atoms with van der Waals surface area (Å²) in [5.74, 6) is 0.451. The van der Waals surface area contributed by atoms with Crippen LogP contribution in [0.5, 0.6) is 0 Å². The Hall–Kier alpha value is -1.81. The van der Waals surface area contributed by atoms with E-state index >= 15 is 0 Å². The summed E-state index contributed by atoms with van der Waals surface area (Å²) >= 11 is 0. The summed E-state index contributed by atoms with van der Waals surface area (Å²) in [6, 6.07) is 11.7. The minimum absolute atomic E-state index is 0.114. The van der Waals surface area contributed by atoms with Crippen molar-refractivity contribution in [2.75, 3.05) is 4.72 Å². The Bertz CT molecular complexity index is 894. The van der Waals surface area contributed by atoms with Crippen LogP contribution in [0.1, 0.15) is 82.6 Å². The van der Waals surface area contributed by atoms with E-state index in [2.05, 4.69) is 53.2 Å². The van der Waals surface area contributed by atoms with E-state index in [0.717, 1.165) is 27.9 Å². The molecule has 0 aliphatic heterocycles. The van der Waals surface area contributed by atoms with Crippen molar-refractivity contribution >= 4 is 15.7 Å². The smallest absolute Gasteiger partial charge is 0.262 e. The molecular formula is C23H33NO2S. The Morgan fingerprint density at radius 3 is 1.85 bits per heavy atom. The van der Waals surface area contributed by atoms with Gasteiger partial charge in [-0.1, -0.05) is 78.8 Å². The maximum atomic E-state index is 13.3. The van der Waals surface area contributed by atoms with Gasteiger partial charge in [-0.25, -0.2) is 8.42 Å². The third-order valence-corrected chi connectivity index (χ3v) is 6.44. The van der Waals surface area contributed by atoms with Crippen molar-refractivity contribution in [3.63, 3.8) is 0 Å². The van der Waals surface area contributed by atoms with Crippen molar-refractivity contribution < 1.29 is 8.42 Å². The van der Waals surface area contributed by atoms with Crippen LogP contribution in [0.25, 0.3) is 0 Å². The molecule has 27 heavy (non-hydrogen) atoms. The van der Waals surface area contributed by atoms with Gasteiger partial charge in [0.15, 0.2) is 0 Å². The fourth-order valence-corrected chi connectivity index (χ4v) is 4.60. The predicted octanol–water partition coefficient (Wildman–Crippen LogP) is 6.34. The average molecular weight is 388 g/mol. The van der Waals surface area contributed by atoms with Crippen molar-refractivity contribution in [2.24, 2.45) is 0 Å². The number of nitrogens with one attached hydrogen (secondary N) is 1. The van der Waals surface area contributed by atoms with Gasteiger partial charge in [-0.05, 0) is 52.5 Å². The zero-order chi connectivity index (χ0) is 20.6. The molecule has 2 aromatic carbocycles. The lowest BCUT2D eigenvalue weighted by atomic mass is 9.87. The molecule has 0 spiro atoms.